The van der Waals surface area contributed by atoms with Crippen molar-refractivity contribution in [1.82, 2.24) is 0 Å². The summed E-state index contributed by atoms with van der Waals surface area (Å²) in [5.41, 5.74) is 0. The van der Waals surface area contributed by atoms with Crippen LogP contribution >= 0.6 is 0 Å². The van der Waals surface area contributed by atoms with Crippen LogP contribution in [0.1, 0.15) is 252 Å². The minimum Gasteiger partial charge on any atom is -0.462 e. The third kappa shape index (κ3) is 49.7. The predicted molar refractivity (Wildman–Crippen MR) is 270 cm³/mol. The molecule has 0 saturated carbocycles. The third-order valence-corrected chi connectivity index (χ3v) is 11.2. The first kappa shape index (κ1) is 59.9. The average Bonchev–Trinajstić information content (AvgIpc) is 3.28. The van der Waals surface area contributed by atoms with Crippen molar-refractivity contribution in [3.05, 3.63) is 72.9 Å². The van der Waals surface area contributed by atoms with E-state index in [0.29, 0.717) is 19.3 Å². The topological polar surface area (TPSA) is 78.9 Å². The Labute approximate surface area is 389 Å². The molecule has 6 nitrogen and oxygen atoms in total. The molecular formula is C57H98O6. The van der Waals surface area contributed by atoms with Gasteiger partial charge in [-0.1, -0.05) is 216 Å². The molecule has 63 heavy (non-hydrogen) atoms. The number of allylic oxidation sites excluding steroid dienone is 12. The molecule has 1 atom stereocenters. The van der Waals surface area contributed by atoms with Crippen LogP contribution in [-0.2, 0) is 28.6 Å². The number of ether oxygens (including phenoxy) is 3. The molecule has 6 heteroatoms. The number of unbranched alkanes of at least 4 members (excludes halogenated alkanes) is 24. The smallest absolute Gasteiger partial charge is 0.306 e. The average molecular weight is 879 g/mol. The normalized spacial score (nSPS) is 12.6. The molecule has 0 bridgehead atoms. The van der Waals surface area contributed by atoms with Crippen LogP contribution in [0.2, 0.25) is 0 Å². The maximum atomic E-state index is 12.8. The molecule has 0 aliphatic rings. The summed E-state index contributed by atoms with van der Waals surface area (Å²) in [6, 6.07) is 0. The molecule has 0 rings (SSSR count). The van der Waals surface area contributed by atoms with Crippen molar-refractivity contribution in [2.45, 2.75) is 258 Å². The zero-order valence-electron chi connectivity index (χ0n) is 41.3. The van der Waals surface area contributed by atoms with Gasteiger partial charge in [-0.15, -0.1) is 0 Å². The van der Waals surface area contributed by atoms with Gasteiger partial charge in [0.05, 0.1) is 0 Å². The van der Waals surface area contributed by atoms with E-state index >= 15 is 0 Å². The van der Waals surface area contributed by atoms with Crippen molar-refractivity contribution in [2.75, 3.05) is 13.2 Å². The summed E-state index contributed by atoms with van der Waals surface area (Å²) in [6.07, 6.45) is 64.5. The Kier molecular flexibility index (Phi) is 48.9. The maximum Gasteiger partial charge on any atom is 0.306 e. The van der Waals surface area contributed by atoms with E-state index in [0.717, 1.165) is 109 Å². The lowest BCUT2D eigenvalue weighted by Crippen LogP contribution is -2.30. The molecule has 0 aliphatic heterocycles. The first-order valence-electron chi connectivity index (χ1n) is 26.4. The Hall–Kier alpha value is -3.15. The molecule has 362 valence electrons. The molecule has 0 aromatic carbocycles. The highest BCUT2D eigenvalue weighted by Gasteiger charge is 2.19. The Morgan fingerprint density at radius 2 is 0.619 bits per heavy atom. The second-order valence-corrected chi connectivity index (χ2v) is 17.4. The van der Waals surface area contributed by atoms with Gasteiger partial charge in [-0.05, 0) is 89.9 Å². The monoisotopic (exact) mass is 879 g/mol. The molecule has 0 radical (unpaired) electrons. The van der Waals surface area contributed by atoms with Crippen LogP contribution in [0, 0.1) is 0 Å². The first-order chi connectivity index (χ1) is 31.0. The molecule has 0 spiro atoms. The molecule has 1 unspecified atom stereocenters. The summed E-state index contributed by atoms with van der Waals surface area (Å²) in [7, 11) is 0. The van der Waals surface area contributed by atoms with Crippen LogP contribution in [0.3, 0.4) is 0 Å². The number of rotatable bonds is 47. The summed E-state index contributed by atoms with van der Waals surface area (Å²) in [4.78, 5) is 38.0. The fourth-order valence-electron chi connectivity index (χ4n) is 7.23. The van der Waals surface area contributed by atoms with E-state index in [1.54, 1.807) is 0 Å². The van der Waals surface area contributed by atoms with Gasteiger partial charge in [-0.25, -0.2) is 0 Å². The van der Waals surface area contributed by atoms with Gasteiger partial charge in [-0.2, -0.15) is 0 Å². The Morgan fingerprint density at radius 1 is 0.333 bits per heavy atom. The van der Waals surface area contributed by atoms with Crippen molar-refractivity contribution >= 4 is 17.9 Å². The number of carbonyl (C=O) groups excluding carboxylic acids is 3. The van der Waals surface area contributed by atoms with Crippen molar-refractivity contribution < 1.29 is 28.6 Å². The van der Waals surface area contributed by atoms with Crippen LogP contribution in [0.25, 0.3) is 0 Å². The fourth-order valence-corrected chi connectivity index (χ4v) is 7.23. The molecule has 0 N–H and O–H groups in total. The Morgan fingerprint density at radius 3 is 1.00 bits per heavy atom. The zero-order valence-corrected chi connectivity index (χ0v) is 41.3. The van der Waals surface area contributed by atoms with Gasteiger partial charge in [0.25, 0.3) is 0 Å². The van der Waals surface area contributed by atoms with Crippen molar-refractivity contribution in [1.29, 1.82) is 0 Å². The van der Waals surface area contributed by atoms with Gasteiger partial charge in [-0.3, -0.25) is 14.4 Å². The molecule has 0 aromatic heterocycles. The fraction of sp³-hybridized carbons (Fsp3) is 0.737. The molecule has 0 amide bonds. The lowest BCUT2D eigenvalue weighted by molar-refractivity contribution is -0.167. The number of hydrogen-bond donors (Lipinski definition) is 0. The van der Waals surface area contributed by atoms with Crippen LogP contribution in [0.5, 0.6) is 0 Å². The molecule has 0 aliphatic carbocycles. The van der Waals surface area contributed by atoms with Crippen molar-refractivity contribution in [2.24, 2.45) is 0 Å². The summed E-state index contributed by atoms with van der Waals surface area (Å²) in [5, 5.41) is 0. The van der Waals surface area contributed by atoms with Crippen LogP contribution in [0.15, 0.2) is 72.9 Å². The van der Waals surface area contributed by atoms with Gasteiger partial charge in [0, 0.05) is 19.3 Å². The van der Waals surface area contributed by atoms with E-state index in [4.69, 9.17) is 14.2 Å². The van der Waals surface area contributed by atoms with E-state index in [1.165, 1.54) is 103 Å². The number of esters is 3. The Bertz CT molecular complexity index is 1190. The highest BCUT2D eigenvalue weighted by atomic mass is 16.6. The minimum absolute atomic E-state index is 0.0903. The van der Waals surface area contributed by atoms with Crippen LogP contribution in [-0.4, -0.2) is 37.2 Å². The van der Waals surface area contributed by atoms with Gasteiger partial charge in [0.1, 0.15) is 13.2 Å². The molecule has 0 heterocycles. The minimum atomic E-state index is -0.794. The van der Waals surface area contributed by atoms with Crippen LogP contribution < -0.4 is 0 Å². The van der Waals surface area contributed by atoms with Gasteiger partial charge >= 0.3 is 17.9 Å². The van der Waals surface area contributed by atoms with Gasteiger partial charge in [0.2, 0.25) is 0 Å². The standard InChI is InChI=1S/C57H98O6/c1-4-7-10-13-16-19-22-25-26-27-28-29-30-33-35-38-41-44-47-50-56(59)62-53-54(63-57(60)51-48-45-42-39-36-32-24-21-18-15-12-9-6-3)52-61-55(58)49-46-43-40-37-34-31-23-20-17-14-11-8-5-2/h7,10,16,19,25-26,28-29,32-33,35-36,54H,4-6,8-9,11-15,17-18,20-24,27,30-31,34,37-53H2,1-3H3/b10-7-,19-16-,26-25-,29-28-,35-33-,36-32-. The van der Waals surface area contributed by atoms with Gasteiger partial charge in [0.15, 0.2) is 6.10 Å². The van der Waals surface area contributed by atoms with Crippen LogP contribution in [0.4, 0.5) is 0 Å². The van der Waals surface area contributed by atoms with E-state index in [9.17, 15) is 14.4 Å². The van der Waals surface area contributed by atoms with Gasteiger partial charge < -0.3 is 14.2 Å². The number of hydrogen-bond acceptors (Lipinski definition) is 6. The van der Waals surface area contributed by atoms with Crippen molar-refractivity contribution in [3.8, 4) is 0 Å². The summed E-state index contributed by atoms with van der Waals surface area (Å²) in [5.74, 6) is -0.937. The molecule has 0 aromatic rings. The second-order valence-electron chi connectivity index (χ2n) is 17.4. The first-order valence-corrected chi connectivity index (χ1v) is 26.4. The molecule has 0 fully saturated rings. The quantitative estimate of drug-likeness (QED) is 0.0262. The maximum absolute atomic E-state index is 12.8. The molecule has 0 saturated heterocycles. The largest absolute Gasteiger partial charge is 0.462 e. The highest BCUT2D eigenvalue weighted by molar-refractivity contribution is 5.71. The Balaban J connectivity index is 4.44. The number of carbonyl (C=O) groups is 3. The molecular weight excluding hydrogens is 781 g/mol. The second kappa shape index (κ2) is 51.5. The summed E-state index contributed by atoms with van der Waals surface area (Å²) >= 11 is 0. The summed E-state index contributed by atoms with van der Waals surface area (Å²) in [6.45, 7) is 6.48. The van der Waals surface area contributed by atoms with E-state index in [2.05, 4.69) is 93.7 Å². The van der Waals surface area contributed by atoms with Crippen molar-refractivity contribution in [3.63, 3.8) is 0 Å². The lowest BCUT2D eigenvalue weighted by Gasteiger charge is -2.18. The summed E-state index contributed by atoms with van der Waals surface area (Å²) < 4.78 is 16.8. The van der Waals surface area contributed by atoms with E-state index < -0.39 is 6.10 Å². The lowest BCUT2D eigenvalue weighted by atomic mass is 10.0. The van der Waals surface area contributed by atoms with E-state index in [1.807, 2.05) is 0 Å². The van der Waals surface area contributed by atoms with E-state index in [-0.39, 0.29) is 31.1 Å². The predicted octanol–water partition coefficient (Wildman–Crippen LogP) is 17.4. The SMILES string of the molecule is CC/C=C\C/C=C\C/C=C\C/C=C\C/C=C\CCCCCC(=O)OCC(COC(=O)CCCCCCCCCCCCCCC)OC(=O)CCCCC/C=C\CCCCCCCC. The zero-order chi connectivity index (χ0) is 45.8. The highest BCUT2D eigenvalue weighted by Crippen LogP contribution is 2.15. The third-order valence-electron chi connectivity index (χ3n) is 11.2.